The standard InChI is InChI=1S/C27H34N2O5S/c1-31-23-15-21-17-29(11-12-35-26(21)16-24(23)32-2)27(30)7-10-28-8-5-19(6-9-28)13-20-3-4-22-25(14-20)34-18-33-22/h3-4,14-16,19H,5-13,17-18H2,1-2H3. The number of hydrogen-bond acceptors (Lipinski definition) is 7. The Labute approximate surface area is 211 Å². The van der Waals surface area contributed by atoms with Gasteiger partial charge in [-0.25, -0.2) is 0 Å². The summed E-state index contributed by atoms with van der Waals surface area (Å²) >= 11 is 1.78. The van der Waals surface area contributed by atoms with E-state index in [1.54, 1.807) is 26.0 Å². The van der Waals surface area contributed by atoms with Crippen LogP contribution in [0.5, 0.6) is 23.0 Å². The number of rotatable bonds is 7. The van der Waals surface area contributed by atoms with Gasteiger partial charge in [-0.05, 0) is 73.7 Å². The summed E-state index contributed by atoms with van der Waals surface area (Å²) in [6, 6.07) is 10.3. The molecule has 8 heteroatoms. The zero-order valence-electron chi connectivity index (χ0n) is 20.6. The van der Waals surface area contributed by atoms with Crippen LogP contribution in [0.25, 0.3) is 0 Å². The number of hydrogen-bond donors (Lipinski definition) is 0. The summed E-state index contributed by atoms with van der Waals surface area (Å²) in [7, 11) is 3.30. The number of benzene rings is 2. The first-order chi connectivity index (χ1) is 17.1. The predicted molar refractivity (Wildman–Crippen MR) is 136 cm³/mol. The molecule has 0 spiro atoms. The van der Waals surface area contributed by atoms with Crippen LogP contribution in [-0.4, -0.2) is 68.7 Å². The molecular weight excluding hydrogens is 464 g/mol. The molecule has 1 saturated heterocycles. The van der Waals surface area contributed by atoms with Crippen LogP contribution in [0.1, 0.15) is 30.4 Å². The third kappa shape index (κ3) is 5.64. The van der Waals surface area contributed by atoms with Crippen molar-refractivity contribution in [3.05, 3.63) is 41.5 Å². The van der Waals surface area contributed by atoms with Gasteiger partial charge < -0.3 is 28.7 Å². The number of thioether (sulfide) groups is 1. The van der Waals surface area contributed by atoms with Gasteiger partial charge in [0.1, 0.15) is 0 Å². The van der Waals surface area contributed by atoms with Crippen LogP contribution in [0.4, 0.5) is 0 Å². The molecule has 0 aromatic heterocycles. The zero-order chi connectivity index (χ0) is 24.2. The molecule has 3 aliphatic heterocycles. The molecule has 0 saturated carbocycles. The lowest BCUT2D eigenvalue weighted by Gasteiger charge is -2.32. The van der Waals surface area contributed by atoms with Crippen molar-refractivity contribution in [1.82, 2.24) is 9.80 Å². The molecule has 1 amide bonds. The van der Waals surface area contributed by atoms with E-state index in [1.807, 2.05) is 23.1 Å². The van der Waals surface area contributed by atoms with E-state index in [0.29, 0.717) is 31.4 Å². The number of carbonyl (C=O) groups excluding carboxylic acids is 1. The van der Waals surface area contributed by atoms with Crippen LogP contribution in [0.2, 0.25) is 0 Å². The third-order valence-electron chi connectivity index (χ3n) is 7.21. The highest BCUT2D eigenvalue weighted by Crippen LogP contribution is 2.38. The monoisotopic (exact) mass is 498 g/mol. The van der Waals surface area contributed by atoms with Crippen LogP contribution >= 0.6 is 11.8 Å². The lowest BCUT2D eigenvalue weighted by atomic mass is 9.90. The normalized spacial score (nSPS) is 18.2. The molecule has 1 fully saturated rings. The largest absolute Gasteiger partial charge is 0.493 e. The summed E-state index contributed by atoms with van der Waals surface area (Å²) in [5, 5.41) is 0. The summed E-state index contributed by atoms with van der Waals surface area (Å²) in [6.45, 7) is 4.65. The van der Waals surface area contributed by atoms with Gasteiger partial charge in [-0.2, -0.15) is 0 Å². The van der Waals surface area contributed by atoms with Crippen LogP contribution in [0.3, 0.4) is 0 Å². The van der Waals surface area contributed by atoms with Gasteiger partial charge in [0.2, 0.25) is 12.7 Å². The Morgan fingerprint density at radius 1 is 1.03 bits per heavy atom. The third-order valence-corrected chi connectivity index (χ3v) is 8.29. The molecule has 188 valence electrons. The molecular formula is C27H34N2O5S. The maximum atomic E-state index is 13.1. The molecule has 0 bridgehead atoms. The van der Waals surface area contributed by atoms with Crippen molar-refractivity contribution in [3.8, 4) is 23.0 Å². The molecule has 3 aliphatic rings. The Kier molecular flexibility index (Phi) is 7.58. The number of likely N-dealkylation sites (tertiary alicyclic amines) is 1. The van der Waals surface area contributed by atoms with E-state index in [0.717, 1.165) is 74.0 Å². The van der Waals surface area contributed by atoms with Gasteiger partial charge in [-0.1, -0.05) is 6.07 Å². The highest BCUT2D eigenvalue weighted by Gasteiger charge is 2.24. The Hall–Kier alpha value is -2.58. The molecule has 0 aliphatic carbocycles. The van der Waals surface area contributed by atoms with Crippen LogP contribution in [0, 0.1) is 5.92 Å². The number of ether oxygens (including phenoxy) is 4. The Morgan fingerprint density at radius 2 is 1.80 bits per heavy atom. The fraction of sp³-hybridized carbons (Fsp3) is 0.519. The van der Waals surface area contributed by atoms with Crippen molar-refractivity contribution in [2.75, 3.05) is 52.9 Å². The van der Waals surface area contributed by atoms with Gasteiger partial charge in [-0.15, -0.1) is 11.8 Å². The van der Waals surface area contributed by atoms with Crippen molar-refractivity contribution in [3.63, 3.8) is 0 Å². The second-order valence-corrected chi connectivity index (χ2v) is 10.5. The molecule has 2 aromatic carbocycles. The van der Waals surface area contributed by atoms with Crippen molar-refractivity contribution in [2.24, 2.45) is 5.92 Å². The van der Waals surface area contributed by atoms with E-state index in [4.69, 9.17) is 18.9 Å². The second-order valence-electron chi connectivity index (χ2n) is 9.41. The summed E-state index contributed by atoms with van der Waals surface area (Å²) in [5.41, 5.74) is 2.44. The Morgan fingerprint density at radius 3 is 2.60 bits per heavy atom. The Balaban J connectivity index is 1.09. The van der Waals surface area contributed by atoms with Crippen molar-refractivity contribution >= 4 is 17.7 Å². The van der Waals surface area contributed by atoms with Gasteiger partial charge in [0.15, 0.2) is 23.0 Å². The SMILES string of the molecule is COc1cc2c(cc1OC)SCCN(C(=O)CCN1CCC(Cc3ccc4c(c3)OCO4)CC1)C2. The predicted octanol–water partition coefficient (Wildman–Crippen LogP) is 4.21. The maximum Gasteiger partial charge on any atom is 0.231 e. The summed E-state index contributed by atoms with van der Waals surface area (Å²) < 4.78 is 21.9. The molecule has 3 heterocycles. The van der Waals surface area contributed by atoms with Crippen LogP contribution in [-0.2, 0) is 17.8 Å². The van der Waals surface area contributed by atoms with E-state index in [-0.39, 0.29) is 5.91 Å². The lowest BCUT2D eigenvalue weighted by Crippen LogP contribution is -2.38. The minimum absolute atomic E-state index is 0.232. The van der Waals surface area contributed by atoms with Gasteiger partial charge in [0, 0.05) is 36.7 Å². The molecule has 35 heavy (non-hydrogen) atoms. The number of fused-ring (bicyclic) bond motifs is 2. The van der Waals surface area contributed by atoms with Gasteiger partial charge >= 0.3 is 0 Å². The van der Waals surface area contributed by atoms with E-state index in [9.17, 15) is 4.79 Å². The van der Waals surface area contributed by atoms with Gasteiger partial charge in [0.05, 0.1) is 14.2 Å². The molecule has 7 nitrogen and oxygen atoms in total. The highest BCUT2D eigenvalue weighted by atomic mass is 32.2. The molecule has 5 rings (SSSR count). The van der Waals surface area contributed by atoms with Gasteiger partial charge in [0.25, 0.3) is 0 Å². The molecule has 0 N–H and O–H groups in total. The molecule has 0 radical (unpaired) electrons. The van der Waals surface area contributed by atoms with Crippen molar-refractivity contribution in [2.45, 2.75) is 37.1 Å². The Bertz CT molecular complexity index is 1050. The fourth-order valence-corrected chi connectivity index (χ4v) is 6.18. The summed E-state index contributed by atoms with van der Waals surface area (Å²) in [6.07, 6.45) is 3.97. The van der Waals surface area contributed by atoms with E-state index in [1.165, 1.54) is 10.5 Å². The number of methoxy groups -OCH3 is 2. The molecule has 0 atom stereocenters. The summed E-state index contributed by atoms with van der Waals surface area (Å²) in [4.78, 5) is 18.7. The highest BCUT2D eigenvalue weighted by molar-refractivity contribution is 7.99. The van der Waals surface area contributed by atoms with E-state index in [2.05, 4.69) is 17.0 Å². The quantitative estimate of drug-likeness (QED) is 0.567. The van der Waals surface area contributed by atoms with E-state index >= 15 is 0 Å². The summed E-state index contributed by atoms with van der Waals surface area (Å²) in [5.74, 6) is 4.96. The second kappa shape index (κ2) is 11.0. The van der Waals surface area contributed by atoms with Crippen LogP contribution < -0.4 is 18.9 Å². The zero-order valence-corrected chi connectivity index (χ0v) is 21.4. The average Bonchev–Trinajstić information content (AvgIpc) is 3.25. The van der Waals surface area contributed by atoms with Gasteiger partial charge in [-0.3, -0.25) is 4.79 Å². The number of nitrogens with zero attached hydrogens (tertiary/aromatic N) is 2. The van der Waals surface area contributed by atoms with Crippen molar-refractivity contribution in [1.29, 1.82) is 0 Å². The minimum Gasteiger partial charge on any atom is -0.493 e. The first-order valence-corrected chi connectivity index (χ1v) is 13.4. The molecule has 2 aromatic rings. The maximum absolute atomic E-state index is 13.1. The number of amides is 1. The lowest BCUT2D eigenvalue weighted by molar-refractivity contribution is -0.132. The topological polar surface area (TPSA) is 60.5 Å². The van der Waals surface area contributed by atoms with E-state index < -0.39 is 0 Å². The van der Waals surface area contributed by atoms with Crippen LogP contribution in [0.15, 0.2) is 35.2 Å². The minimum atomic E-state index is 0.232. The average molecular weight is 499 g/mol. The first-order valence-electron chi connectivity index (χ1n) is 12.4. The number of carbonyl (C=O) groups is 1. The smallest absolute Gasteiger partial charge is 0.231 e. The first kappa shape index (κ1) is 24.1. The molecule has 0 unspecified atom stereocenters. The fourth-order valence-electron chi connectivity index (χ4n) is 5.15. The van der Waals surface area contributed by atoms with Crippen molar-refractivity contribution < 1.29 is 23.7 Å². The number of piperidine rings is 1.